The van der Waals surface area contributed by atoms with Gasteiger partial charge in [-0.1, -0.05) is 12.1 Å². The summed E-state index contributed by atoms with van der Waals surface area (Å²) in [7, 11) is -2.92. The molecule has 1 aromatic carbocycles. The maximum Gasteiger partial charge on any atom is 0.313 e. The van der Waals surface area contributed by atoms with Crippen LogP contribution in [0.5, 0.6) is 0 Å². The van der Waals surface area contributed by atoms with Crippen molar-refractivity contribution >= 4 is 50.9 Å². The fourth-order valence-corrected chi connectivity index (χ4v) is 6.41. The Bertz CT molecular complexity index is 705. The monoisotopic (exact) mass is 389 g/mol. The smallest absolute Gasteiger partial charge is 0.313 e. The first kappa shape index (κ1) is 19.1. The molecule has 0 radical (unpaired) electrons. The summed E-state index contributed by atoms with van der Waals surface area (Å²) in [5, 5.41) is 11.4. The number of nitrogens with one attached hydrogen (secondary N) is 1. The first-order valence-corrected chi connectivity index (χ1v) is 11.4. The molecule has 2 rings (SSSR count). The van der Waals surface area contributed by atoms with E-state index in [1.54, 1.807) is 6.07 Å². The summed E-state index contributed by atoms with van der Waals surface area (Å²) in [5.74, 6) is 0.166. The van der Waals surface area contributed by atoms with Crippen LogP contribution in [0.1, 0.15) is 12.0 Å². The first-order chi connectivity index (χ1) is 11.3. The first-order valence-electron chi connectivity index (χ1n) is 7.34. The second-order valence-electron chi connectivity index (χ2n) is 5.47. The normalized spacial score (nSPS) is 19.1. The third-order valence-electron chi connectivity index (χ3n) is 3.35. The van der Waals surface area contributed by atoms with Crippen molar-refractivity contribution in [2.24, 2.45) is 0 Å². The van der Waals surface area contributed by atoms with Gasteiger partial charge in [-0.2, -0.15) is 0 Å². The molecule has 6 nitrogen and oxygen atoms in total. The molecule has 0 aromatic heterocycles. The average Bonchev–Trinajstić information content (AvgIpc) is 2.84. The van der Waals surface area contributed by atoms with E-state index in [9.17, 15) is 18.0 Å². The highest BCUT2D eigenvalue weighted by molar-refractivity contribution is 8.02. The lowest BCUT2D eigenvalue weighted by Crippen LogP contribution is -2.17. The highest BCUT2D eigenvalue weighted by Crippen LogP contribution is 2.24. The largest absolute Gasteiger partial charge is 0.481 e. The molecule has 1 heterocycles. The molecule has 1 atom stereocenters. The van der Waals surface area contributed by atoms with E-state index < -0.39 is 15.8 Å². The minimum Gasteiger partial charge on any atom is -0.481 e. The van der Waals surface area contributed by atoms with Crippen molar-refractivity contribution in [3.8, 4) is 0 Å². The number of hydrogen-bond donors (Lipinski definition) is 2. The summed E-state index contributed by atoms with van der Waals surface area (Å²) in [5.41, 5.74) is 1.60. The molecule has 1 aliphatic heterocycles. The molecule has 9 heteroatoms. The lowest BCUT2D eigenvalue weighted by molar-refractivity contribution is -0.133. The zero-order valence-electron chi connectivity index (χ0n) is 12.9. The van der Waals surface area contributed by atoms with Gasteiger partial charge in [0.1, 0.15) is 0 Å². The Labute approximate surface area is 149 Å². The van der Waals surface area contributed by atoms with Crippen molar-refractivity contribution in [3.63, 3.8) is 0 Å². The molecular formula is C15H19NO5S3. The van der Waals surface area contributed by atoms with Crippen LogP contribution in [0.15, 0.2) is 24.3 Å². The number of carbonyl (C=O) groups is 2. The Morgan fingerprint density at radius 2 is 2.08 bits per heavy atom. The Morgan fingerprint density at radius 1 is 1.29 bits per heavy atom. The van der Waals surface area contributed by atoms with Crippen LogP contribution >= 0.6 is 23.5 Å². The topological polar surface area (TPSA) is 101 Å². The molecule has 132 valence electrons. The minimum absolute atomic E-state index is 0.000460. The van der Waals surface area contributed by atoms with E-state index in [2.05, 4.69) is 5.32 Å². The van der Waals surface area contributed by atoms with Crippen LogP contribution < -0.4 is 5.32 Å². The number of carboxylic acids is 1. The van der Waals surface area contributed by atoms with Crippen molar-refractivity contribution in [2.45, 2.75) is 17.4 Å². The van der Waals surface area contributed by atoms with E-state index in [1.165, 1.54) is 23.5 Å². The molecule has 1 aliphatic rings. The maximum atomic E-state index is 12.0. The quantitative estimate of drug-likeness (QED) is 0.700. The molecule has 1 unspecified atom stereocenters. The number of aliphatic carboxylic acids is 1. The standard InChI is InChI=1S/C15H19NO5S3/c17-14(8-23-13-4-5-24(20,21)10-13)16-12-3-1-2-11(6-12)7-22-9-15(18)19/h1-3,6,13H,4-5,7-10H2,(H,16,17)(H,18,19). The van der Waals surface area contributed by atoms with Gasteiger partial charge >= 0.3 is 5.97 Å². The van der Waals surface area contributed by atoms with E-state index in [0.29, 0.717) is 17.9 Å². The Morgan fingerprint density at radius 3 is 2.75 bits per heavy atom. The van der Waals surface area contributed by atoms with E-state index in [4.69, 9.17) is 5.11 Å². The van der Waals surface area contributed by atoms with E-state index >= 15 is 0 Å². The predicted octanol–water partition coefficient (Wildman–Crippen LogP) is 1.86. The van der Waals surface area contributed by atoms with Gasteiger partial charge in [0.25, 0.3) is 0 Å². The number of anilines is 1. The Balaban J connectivity index is 1.78. The average molecular weight is 390 g/mol. The van der Waals surface area contributed by atoms with E-state index in [1.807, 2.05) is 18.2 Å². The number of hydrogen-bond acceptors (Lipinski definition) is 6. The minimum atomic E-state index is -2.92. The van der Waals surface area contributed by atoms with Crippen LogP contribution in [0.25, 0.3) is 0 Å². The number of sulfone groups is 1. The summed E-state index contributed by atoms with van der Waals surface area (Å²) in [6, 6.07) is 7.27. The summed E-state index contributed by atoms with van der Waals surface area (Å²) in [6.45, 7) is 0. The van der Waals surface area contributed by atoms with Crippen LogP contribution in [0.3, 0.4) is 0 Å². The number of amides is 1. The van der Waals surface area contributed by atoms with Gasteiger partial charge in [-0.05, 0) is 24.1 Å². The van der Waals surface area contributed by atoms with Crippen molar-refractivity contribution in [1.29, 1.82) is 0 Å². The summed E-state index contributed by atoms with van der Waals surface area (Å²) >= 11 is 2.67. The van der Waals surface area contributed by atoms with Crippen molar-refractivity contribution in [2.75, 3.05) is 28.3 Å². The number of carboxylic acid groups (broad SMARTS) is 1. The van der Waals surface area contributed by atoms with Gasteiger partial charge in [-0.3, -0.25) is 9.59 Å². The van der Waals surface area contributed by atoms with Gasteiger partial charge in [-0.25, -0.2) is 8.42 Å². The van der Waals surface area contributed by atoms with Crippen molar-refractivity contribution in [3.05, 3.63) is 29.8 Å². The second-order valence-corrected chi connectivity index (χ2v) is 9.97. The molecule has 1 aromatic rings. The van der Waals surface area contributed by atoms with Crippen molar-refractivity contribution in [1.82, 2.24) is 0 Å². The molecule has 24 heavy (non-hydrogen) atoms. The zero-order chi connectivity index (χ0) is 17.6. The molecule has 0 aliphatic carbocycles. The fourth-order valence-electron chi connectivity index (χ4n) is 2.28. The SMILES string of the molecule is O=C(O)CSCc1cccc(NC(=O)CSC2CCS(=O)(=O)C2)c1. The third-order valence-corrected chi connectivity index (χ3v) is 7.62. The molecule has 0 saturated carbocycles. The van der Waals surface area contributed by atoms with Gasteiger partial charge < -0.3 is 10.4 Å². The molecule has 2 N–H and O–H groups in total. The summed E-state index contributed by atoms with van der Waals surface area (Å²) < 4.78 is 22.8. The molecule has 1 fully saturated rings. The highest BCUT2D eigenvalue weighted by Gasteiger charge is 2.28. The molecule has 1 saturated heterocycles. The predicted molar refractivity (Wildman–Crippen MR) is 98.4 cm³/mol. The van der Waals surface area contributed by atoms with Crippen LogP contribution in [0.4, 0.5) is 5.69 Å². The summed E-state index contributed by atoms with van der Waals surface area (Å²) in [4.78, 5) is 22.5. The molecule has 0 spiro atoms. The fraction of sp³-hybridized carbons (Fsp3) is 0.467. The van der Waals surface area contributed by atoms with Crippen LogP contribution in [0, 0.1) is 0 Å². The number of rotatable bonds is 8. The molecule has 1 amide bonds. The van der Waals surface area contributed by atoms with Crippen LogP contribution in [0.2, 0.25) is 0 Å². The number of carbonyl (C=O) groups excluding carboxylic acids is 1. The second kappa shape index (κ2) is 8.77. The van der Waals surface area contributed by atoms with E-state index in [0.717, 1.165) is 5.56 Å². The maximum absolute atomic E-state index is 12.0. The van der Waals surface area contributed by atoms with Gasteiger partial charge in [0, 0.05) is 16.7 Å². The van der Waals surface area contributed by atoms with Crippen LogP contribution in [-0.4, -0.2) is 53.7 Å². The van der Waals surface area contributed by atoms with Gasteiger partial charge in [0.15, 0.2) is 9.84 Å². The number of thioether (sulfide) groups is 2. The molecular weight excluding hydrogens is 370 g/mol. The van der Waals surface area contributed by atoms with E-state index in [-0.39, 0.29) is 34.2 Å². The Kier molecular flexibility index (Phi) is 7.00. The molecule has 0 bridgehead atoms. The van der Waals surface area contributed by atoms with Gasteiger partial charge in [0.2, 0.25) is 5.91 Å². The summed E-state index contributed by atoms with van der Waals surface area (Å²) in [6.07, 6.45) is 0.608. The zero-order valence-corrected chi connectivity index (χ0v) is 15.4. The third kappa shape index (κ3) is 6.74. The van der Waals surface area contributed by atoms with Crippen molar-refractivity contribution < 1.29 is 23.1 Å². The Hall–Kier alpha value is -1.19. The van der Waals surface area contributed by atoms with Gasteiger partial charge in [0.05, 0.1) is 23.0 Å². The lowest BCUT2D eigenvalue weighted by atomic mass is 10.2. The van der Waals surface area contributed by atoms with Gasteiger partial charge in [-0.15, -0.1) is 23.5 Å². The van der Waals surface area contributed by atoms with Crippen LogP contribution in [-0.2, 0) is 25.2 Å². The number of benzene rings is 1. The lowest BCUT2D eigenvalue weighted by Gasteiger charge is -2.09. The highest BCUT2D eigenvalue weighted by atomic mass is 32.2.